The maximum absolute atomic E-state index is 6.20. The molecule has 0 bridgehead atoms. The lowest BCUT2D eigenvalue weighted by molar-refractivity contribution is 0.415. The molecule has 0 aliphatic rings. The monoisotopic (exact) mass is 341 g/mol. The molecule has 0 saturated carbocycles. The molecule has 0 saturated heterocycles. The van der Waals surface area contributed by atoms with E-state index in [0.29, 0.717) is 5.96 Å². The Balaban J connectivity index is 0.00000208. The van der Waals surface area contributed by atoms with E-state index in [2.05, 4.69) is 17.1 Å². The SMILES string of the molecule is COc1cccc(N(C)C(N)=Nc2cccc3ccccc23)c1.Cl. The van der Waals surface area contributed by atoms with Crippen LogP contribution in [0.2, 0.25) is 0 Å². The molecule has 124 valence electrons. The number of fused-ring (bicyclic) bond motifs is 1. The smallest absolute Gasteiger partial charge is 0.200 e. The molecule has 0 radical (unpaired) electrons. The van der Waals surface area contributed by atoms with Gasteiger partial charge in [0.2, 0.25) is 5.96 Å². The van der Waals surface area contributed by atoms with E-state index in [0.717, 1.165) is 27.9 Å². The van der Waals surface area contributed by atoms with Gasteiger partial charge in [0.15, 0.2) is 0 Å². The Bertz CT molecular complexity index is 859. The minimum atomic E-state index is 0. The van der Waals surface area contributed by atoms with E-state index in [9.17, 15) is 0 Å². The number of nitrogens with two attached hydrogens (primary N) is 1. The first kappa shape index (κ1) is 17.6. The third-order valence-electron chi connectivity index (χ3n) is 3.79. The molecule has 5 heteroatoms. The molecule has 0 atom stereocenters. The van der Waals surface area contributed by atoms with Crippen LogP contribution in [0.5, 0.6) is 5.75 Å². The van der Waals surface area contributed by atoms with Crippen LogP contribution in [0.1, 0.15) is 0 Å². The van der Waals surface area contributed by atoms with Crippen LogP contribution >= 0.6 is 12.4 Å². The van der Waals surface area contributed by atoms with Crippen molar-refractivity contribution in [3.05, 3.63) is 66.7 Å². The van der Waals surface area contributed by atoms with Gasteiger partial charge in [-0.2, -0.15) is 0 Å². The quantitative estimate of drug-likeness (QED) is 0.569. The van der Waals surface area contributed by atoms with E-state index >= 15 is 0 Å². The van der Waals surface area contributed by atoms with E-state index in [1.165, 1.54) is 0 Å². The Morgan fingerprint density at radius 2 is 1.71 bits per heavy atom. The number of aliphatic imine (C=N–C) groups is 1. The summed E-state index contributed by atoms with van der Waals surface area (Å²) in [6.07, 6.45) is 0. The molecular weight excluding hydrogens is 322 g/mol. The van der Waals surface area contributed by atoms with E-state index in [1.807, 2.05) is 66.5 Å². The summed E-state index contributed by atoms with van der Waals surface area (Å²) in [7, 11) is 3.53. The van der Waals surface area contributed by atoms with Crippen molar-refractivity contribution in [2.75, 3.05) is 19.1 Å². The first-order valence-electron chi connectivity index (χ1n) is 7.39. The number of nitrogens with zero attached hydrogens (tertiary/aromatic N) is 2. The van der Waals surface area contributed by atoms with Crippen molar-refractivity contribution < 1.29 is 4.74 Å². The number of methoxy groups -OCH3 is 1. The Hall–Kier alpha value is -2.72. The van der Waals surface area contributed by atoms with Gasteiger partial charge in [-0.05, 0) is 23.6 Å². The summed E-state index contributed by atoms with van der Waals surface area (Å²) in [5.41, 5.74) is 7.98. The lowest BCUT2D eigenvalue weighted by atomic mass is 10.1. The number of benzene rings is 3. The van der Waals surface area contributed by atoms with Crippen molar-refractivity contribution >= 4 is 40.5 Å². The lowest BCUT2D eigenvalue weighted by Crippen LogP contribution is -2.33. The topological polar surface area (TPSA) is 50.9 Å². The van der Waals surface area contributed by atoms with E-state index in [1.54, 1.807) is 7.11 Å². The molecule has 0 aliphatic carbocycles. The number of guanidine groups is 1. The summed E-state index contributed by atoms with van der Waals surface area (Å²) < 4.78 is 5.25. The van der Waals surface area contributed by atoms with Crippen LogP contribution in [0.3, 0.4) is 0 Å². The minimum Gasteiger partial charge on any atom is -0.497 e. The Morgan fingerprint density at radius 1 is 1.00 bits per heavy atom. The van der Waals surface area contributed by atoms with Crippen LogP contribution in [-0.2, 0) is 0 Å². The molecule has 0 aliphatic heterocycles. The fraction of sp³-hybridized carbons (Fsp3) is 0.105. The molecule has 2 N–H and O–H groups in total. The van der Waals surface area contributed by atoms with Gasteiger partial charge in [-0.25, -0.2) is 4.99 Å². The van der Waals surface area contributed by atoms with Crippen LogP contribution < -0.4 is 15.4 Å². The van der Waals surface area contributed by atoms with Gasteiger partial charge >= 0.3 is 0 Å². The average Bonchev–Trinajstić information content (AvgIpc) is 2.61. The predicted molar refractivity (Wildman–Crippen MR) is 104 cm³/mol. The standard InChI is InChI=1S/C19H19N3O.ClH/c1-22(15-9-6-10-16(13-15)23-2)19(20)21-18-12-5-8-14-7-3-4-11-17(14)18;/h3-13H,1-2H3,(H2,20,21);1H. The fourth-order valence-corrected chi connectivity index (χ4v) is 2.46. The molecule has 4 nitrogen and oxygen atoms in total. The molecule has 0 spiro atoms. The number of ether oxygens (including phenoxy) is 1. The molecule has 0 heterocycles. The van der Waals surface area contributed by atoms with Crippen molar-refractivity contribution in [2.24, 2.45) is 10.7 Å². The highest BCUT2D eigenvalue weighted by Crippen LogP contribution is 2.26. The normalized spacial score (nSPS) is 11.0. The van der Waals surface area contributed by atoms with Crippen LogP contribution in [0.4, 0.5) is 11.4 Å². The molecule has 0 unspecified atom stereocenters. The lowest BCUT2D eigenvalue weighted by Gasteiger charge is -2.19. The second-order valence-electron chi connectivity index (χ2n) is 5.23. The molecule has 3 aromatic rings. The molecule has 0 fully saturated rings. The third kappa shape index (κ3) is 3.60. The van der Waals surface area contributed by atoms with Crippen molar-refractivity contribution in [3.63, 3.8) is 0 Å². The summed E-state index contributed by atoms with van der Waals surface area (Å²) in [4.78, 5) is 6.44. The van der Waals surface area contributed by atoms with Gasteiger partial charge in [-0.1, -0.05) is 42.5 Å². The highest BCUT2D eigenvalue weighted by atomic mass is 35.5. The van der Waals surface area contributed by atoms with Gasteiger partial charge in [0, 0.05) is 24.2 Å². The molecule has 0 aromatic heterocycles. The van der Waals surface area contributed by atoms with Gasteiger partial charge in [0.05, 0.1) is 12.8 Å². The third-order valence-corrected chi connectivity index (χ3v) is 3.79. The Kier molecular flexibility index (Phi) is 5.66. The van der Waals surface area contributed by atoms with Crippen LogP contribution in [0.25, 0.3) is 10.8 Å². The highest BCUT2D eigenvalue weighted by Gasteiger charge is 2.07. The van der Waals surface area contributed by atoms with Gasteiger partial charge < -0.3 is 15.4 Å². The average molecular weight is 342 g/mol. The number of anilines is 1. The summed E-state index contributed by atoms with van der Waals surface area (Å²) in [5.74, 6) is 1.21. The van der Waals surface area contributed by atoms with Gasteiger partial charge in [0.25, 0.3) is 0 Å². The summed E-state index contributed by atoms with van der Waals surface area (Å²) >= 11 is 0. The number of rotatable bonds is 3. The van der Waals surface area contributed by atoms with Gasteiger partial charge in [-0.3, -0.25) is 0 Å². The van der Waals surface area contributed by atoms with Crippen molar-refractivity contribution in [1.82, 2.24) is 0 Å². The molecule has 0 amide bonds. The van der Waals surface area contributed by atoms with E-state index in [4.69, 9.17) is 10.5 Å². The first-order chi connectivity index (χ1) is 11.2. The maximum Gasteiger partial charge on any atom is 0.200 e. The van der Waals surface area contributed by atoms with Gasteiger partial charge in [-0.15, -0.1) is 12.4 Å². The largest absolute Gasteiger partial charge is 0.497 e. The zero-order chi connectivity index (χ0) is 16.2. The number of hydrogen-bond acceptors (Lipinski definition) is 2. The number of hydrogen-bond donors (Lipinski definition) is 1. The Morgan fingerprint density at radius 3 is 2.50 bits per heavy atom. The van der Waals surface area contributed by atoms with Crippen LogP contribution in [-0.4, -0.2) is 20.1 Å². The van der Waals surface area contributed by atoms with E-state index < -0.39 is 0 Å². The van der Waals surface area contributed by atoms with E-state index in [-0.39, 0.29) is 12.4 Å². The highest BCUT2D eigenvalue weighted by molar-refractivity contribution is 6.00. The minimum absolute atomic E-state index is 0. The first-order valence-corrected chi connectivity index (χ1v) is 7.39. The second-order valence-corrected chi connectivity index (χ2v) is 5.23. The molecule has 3 aromatic carbocycles. The van der Waals surface area contributed by atoms with Crippen molar-refractivity contribution in [1.29, 1.82) is 0 Å². The van der Waals surface area contributed by atoms with Gasteiger partial charge in [0.1, 0.15) is 5.75 Å². The van der Waals surface area contributed by atoms with Crippen molar-refractivity contribution in [3.8, 4) is 5.75 Å². The van der Waals surface area contributed by atoms with Crippen LogP contribution in [0.15, 0.2) is 71.7 Å². The van der Waals surface area contributed by atoms with Crippen molar-refractivity contribution in [2.45, 2.75) is 0 Å². The number of halogens is 1. The zero-order valence-electron chi connectivity index (χ0n) is 13.6. The molecule has 24 heavy (non-hydrogen) atoms. The maximum atomic E-state index is 6.20. The fourth-order valence-electron chi connectivity index (χ4n) is 2.46. The Labute approximate surface area is 148 Å². The summed E-state index contributed by atoms with van der Waals surface area (Å²) in [6, 6.07) is 21.9. The molecule has 3 rings (SSSR count). The van der Waals surface area contributed by atoms with Crippen LogP contribution in [0, 0.1) is 0 Å². The second kappa shape index (κ2) is 7.70. The summed E-state index contributed by atoms with van der Waals surface area (Å²) in [6.45, 7) is 0. The molecular formula is C19H20ClN3O. The summed E-state index contributed by atoms with van der Waals surface area (Å²) in [5, 5.41) is 2.22. The zero-order valence-corrected chi connectivity index (χ0v) is 14.5. The predicted octanol–water partition coefficient (Wildman–Crippen LogP) is 4.35.